The Kier molecular flexibility index (Phi) is 2.01. The van der Waals surface area contributed by atoms with E-state index in [0.29, 0.717) is 12.8 Å². The molecule has 90 valence electrons. The molecule has 0 aromatic heterocycles. The average molecular weight is 231 g/mol. The Morgan fingerprint density at radius 3 is 2.82 bits per heavy atom. The van der Waals surface area contributed by atoms with E-state index < -0.39 is 0 Å². The molecule has 0 saturated heterocycles. The second-order valence-corrected chi connectivity index (χ2v) is 5.49. The van der Waals surface area contributed by atoms with Crippen LogP contribution in [0.4, 0.5) is 5.69 Å². The van der Waals surface area contributed by atoms with Gasteiger partial charge in [0.1, 0.15) is 0 Å². The molecule has 3 heteroatoms. The highest BCUT2D eigenvalue weighted by Gasteiger charge is 2.39. The van der Waals surface area contributed by atoms with Crippen LogP contribution in [0.2, 0.25) is 0 Å². The summed E-state index contributed by atoms with van der Waals surface area (Å²) in [6.07, 6.45) is 5.64. The summed E-state index contributed by atoms with van der Waals surface area (Å²) in [5.74, 6) is 3.61. The second-order valence-electron chi connectivity index (χ2n) is 5.49. The number of anilines is 1. The van der Waals surface area contributed by atoms with E-state index >= 15 is 0 Å². The number of benzene rings is 1. The molecule has 4 rings (SSSR count). The van der Waals surface area contributed by atoms with Crippen molar-refractivity contribution >= 4 is 5.69 Å². The third kappa shape index (κ3) is 1.56. The van der Waals surface area contributed by atoms with Crippen LogP contribution in [0.1, 0.15) is 25.7 Å². The van der Waals surface area contributed by atoms with Crippen molar-refractivity contribution in [2.24, 2.45) is 11.8 Å². The van der Waals surface area contributed by atoms with Gasteiger partial charge in [-0.1, -0.05) is 6.42 Å². The van der Waals surface area contributed by atoms with E-state index in [1.54, 1.807) is 0 Å². The molecule has 0 unspecified atom stereocenters. The molecule has 1 aromatic rings. The largest absolute Gasteiger partial charge is 0.454 e. The Balaban J connectivity index is 1.52. The van der Waals surface area contributed by atoms with Gasteiger partial charge in [0.2, 0.25) is 6.79 Å². The van der Waals surface area contributed by atoms with Gasteiger partial charge in [-0.25, -0.2) is 0 Å². The predicted octanol–water partition coefficient (Wildman–Crippen LogP) is 3.02. The third-order valence-corrected chi connectivity index (χ3v) is 4.46. The molecule has 2 bridgehead atoms. The molecule has 1 aromatic carbocycles. The summed E-state index contributed by atoms with van der Waals surface area (Å²) in [4.78, 5) is 0. The minimum absolute atomic E-state index is 0.354. The number of nitrogens with one attached hydrogen (secondary N) is 1. The van der Waals surface area contributed by atoms with Gasteiger partial charge in [-0.05, 0) is 43.2 Å². The normalized spacial score (nSPS) is 33.1. The summed E-state index contributed by atoms with van der Waals surface area (Å²) in [6, 6.07) is 6.83. The van der Waals surface area contributed by atoms with Crippen molar-refractivity contribution in [1.82, 2.24) is 0 Å². The lowest BCUT2D eigenvalue weighted by Gasteiger charge is -2.24. The van der Waals surface area contributed by atoms with Crippen LogP contribution in [-0.2, 0) is 0 Å². The molecule has 3 aliphatic rings. The Bertz CT molecular complexity index is 446. The van der Waals surface area contributed by atoms with Crippen LogP contribution in [0, 0.1) is 11.8 Å². The molecular weight excluding hydrogens is 214 g/mol. The lowest BCUT2D eigenvalue weighted by molar-refractivity contribution is 0.174. The van der Waals surface area contributed by atoms with Gasteiger partial charge in [-0.15, -0.1) is 0 Å². The van der Waals surface area contributed by atoms with Crippen molar-refractivity contribution in [3.8, 4) is 11.5 Å². The summed E-state index contributed by atoms with van der Waals surface area (Å²) >= 11 is 0. The number of hydrogen-bond donors (Lipinski definition) is 1. The smallest absolute Gasteiger partial charge is 0.231 e. The predicted molar refractivity (Wildman–Crippen MR) is 65.4 cm³/mol. The minimum atomic E-state index is 0.354. The van der Waals surface area contributed by atoms with E-state index in [4.69, 9.17) is 9.47 Å². The van der Waals surface area contributed by atoms with Crippen molar-refractivity contribution in [1.29, 1.82) is 0 Å². The summed E-state index contributed by atoms with van der Waals surface area (Å²) in [6.45, 7) is 0.354. The molecule has 2 saturated carbocycles. The zero-order valence-electron chi connectivity index (χ0n) is 9.82. The highest BCUT2D eigenvalue weighted by atomic mass is 16.7. The van der Waals surface area contributed by atoms with E-state index in [1.807, 2.05) is 6.07 Å². The number of ether oxygens (including phenoxy) is 2. The van der Waals surface area contributed by atoms with Crippen LogP contribution in [0.15, 0.2) is 18.2 Å². The topological polar surface area (TPSA) is 30.5 Å². The highest BCUT2D eigenvalue weighted by Crippen LogP contribution is 2.46. The lowest BCUT2D eigenvalue weighted by Crippen LogP contribution is -2.25. The highest BCUT2D eigenvalue weighted by molar-refractivity contribution is 5.56. The molecule has 17 heavy (non-hydrogen) atoms. The van der Waals surface area contributed by atoms with Crippen molar-refractivity contribution < 1.29 is 9.47 Å². The van der Waals surface area contributed by atoms with Gasteiger partial charge in [0, 0.05) is 17.8 Å². The zero-order chi connectivity index (χ0) is 11.2. The zero-order valence-corrected chi connectivity index (χ0v) is 9.82. The molecule has 0 amide bonds. The summed E-state index contributed by atoms with van der Waals surface area (Å²) < 4.78 is 10.7. The van der Waals surface area contributed by atoms with Crippen LogP contribution in [0.5, 0.6) is 11.5 Å². The van der Waals surface area contributed by atoms with E-state index in [9.17, 15) is 0 Å². The number of rotatable bonds is 2. The van der Waals surface area contributed by atoms with E-state index in [2.05, 4.69) is 17.4 Å². The van der Waals surface area contributed by atoms with Gasteiger partial charge in [0.25, 0.3) is 0 Å². The fraction of sp³-hybridized carbons (Fsp3) is 0.571. The molecule has 2 fully saturated rings. The van der Waals surface area contributed by atoms with Gasteiger partial charge in [-0.2, -0.15) is 0 Å². The first-order valence-corrected chi connectivity index (χ1v) is 6.55. The molecule has 1 N–H and O–H groups in total. The molecular formula is C14H17NO2. The second kappa shape index (κ2) is 3.56. The van der Waals surface area contributed by atoms with Gasteiger partial charge in [-0.3, -0.25) is 0 Å². The van der Waals surface area contributed by atoms with Crippen LogP contribution in [0.25, 0.3) is 0 Å². The quantitative estimate of drug-likeness (QED) is 0.848. The number of hydrogen-bond acceptors (Lipinski definition) is 3. The monoisotopic (exact) mass is 231 g/mol. The van der Waals surface area contributed by atoms with Crippen LogP contribution >= 0.6 is 0 Å². The lowest BCUT2D eigenvalue weighted by atomic mass is 9.95. The van der Waals surface area contributed by atoms with Crippen molar-refractivity contribution in [3.05, 3.63) is 18.2 Å². The first-order chi connectivity index (χ1) is 8.38. The standard InChI is InChI=1S/C14H17NO2/c1-2-10-5-9(1)6-12(10)15-11-3-4-13-14(7-11)17-8-16-13/h3-4,7,9-10,12,15H,1-2,5-6,8H2/t9-,10-,12-/m1/s1. The Morgan fingerprint density at radius 2 is 2.00 bits per heavy atom. The van der Waals surface area contributed by atoms with Crippen LogP contribution in [0.3, 0.4) is 0 Å². The van der Waals surface area contributed by atoms with Crippen molar-refractivity contribution in [2.75, 3.05) is 12.1 Å². The maximum atomic E-state index is 5.40. The van der Waals surface area contributed by atoms with Gasteiger partial charge < -0.3 is 14.8 Å². The molecule has 0 spiro atoms. The first kappa shape index (κ1) is 9.63. The van der Waals surface area contributed by atoms with E-state index in [0.717, 1.165) is 23.3 Å². The molecule has 0 radical (unpaired) electrons. The number of fused-ring (bicyclic) bond motifs is 3. The SMILES string of the molecule is c1cc2c(cc1N[C@@H]1C[C@@H]3CC[C@@H]1C3)OCO2. The van der Waals surface area contributed by atoms with Crippen molar-refractivity contribution in [2.45, 2.75) is 31.7 Å². The maximum absolute atomic E-state index is 5.40. The Morgan fingerprint density at radius 1 is 1.06 bits per heavy atom. The van der Waals surface area contributed by atoms with Gasteiger partial charge in [0.15, 0.2) is 11.5 Å². The van der Waals surface area contributed by atoms with Crippen LogP contribution < -0.4 is 14.8 Å². The van der Waals surface area contributed by atoms with E-state index in [1.165, 1.54) is 31.4 Å². The molecule has 3 nitrogen and oxygen atoms in total. The van der Waals surface area contributed by atoms with E-state index in [-0.39, 0.29) is 0 Å². The average Bonchev–Trinajstić information content (AvgIpc) is 3.03. The fourth-order valence-electron chi connectivity index (χ4n) is 3.62. The molecule has 3 atom stereocenters. The maximum Gasteiger partial charge on any atom is 0.231 e. The van der Waals surface area contributed by atoms with Crippen molar-refractivity contribution in [3.63, 3.8) is 0 Å². The Hall–Kier alpha value is -1.38. The Labute approximate surface area is 101 Å². The summed E-state index contributed by atoms with van der Waals surface area (Å²) in [7, 11) is 0. The minimum Gasteiger partial charge on any atom is -0.454 e. The molecule has 2 aliphatic carbocycles. The van der Waals surface area contributed by atoms with Gasteiger partial charge >= 0.3 is 0 Å². The first-order valence-electron chi connectivity index (χ1n) is 6.55. The fourth-order valence-corrected chi connectivity index (χ4v) is 3.62. The van der Waals surface area contributed by atoms with Crippen LogP contribution in [-0.4, -0.2) is 12.8 Å². The summed E-state index contributed by atoms with van der Waals surface area (Å²) in [5, 5.41) is 3.67. The third-order valence-electron chi connectivity index (χ3n) is 4.46. The molecule has 1 aliphatic heterocycles. The summed E-state index contributed by atoms with van der Waals surface area (Å²) in [5.41, 5.74) is 1.17. The molecule has 1 heterocycles. The van der Waals surface area contributed by atoms with Gasteiger partial charge in [0.05, 0.1) is 0 Å².